The van der Waals surface area contributed by atoms with E-state index < -0.39 is 0 Å². The first-order chi connectivity index (χ1) is 14.0. The van der Waals surface area contributed by atoms with E-state index in [4.69, 9.17) is 4.98 Å². The summed E-state index contributed by atoms with van der Waals surface area (Å²) in [5.74, 6) is -0.225. The Kier molecular flexibility index (Phi) is 7.15. The molecular weight excluding hydrogens is 365 g/mol. The van der Waals surface area contributed by atoms with Crippen molar-refractivity contribution in [3.05, 3.63) is 70.8 Å². The first-order valence-electron chi connectivity index (χ1n) is 10.3. The Bertz CT molecular complexity index is 868. The minimum Gasteiger partial charge on any atom is -0.367 e. The highest BCUT2D eigenvalue weighted by atomic mass is 19.1. The molecule has 154 valence electrons. The fourth-order valence-electron chi connectivity index (χ4n) is 3.81. The van der Waals surface area contributed by atoms with Crippen molar-refractivity contribution in [3.63, 3.8) is 0 Å². The number of Topliss-reactive ketones (excluding diaryl/α,β-unsaturated/α-hetero) is 1. The van der Waals surface area contributed by atoms with Crippen LogP contribution >= 0.6 is 0 Å². The molecule has 0 radical (unpaired) electrons. The number of allylic oxidation sites excluding steroid dienone is 1. The highest BCUT2D eigenvalue weighted by molar-refractivity contribution is 5.95. The van der Waals surface area contributed by atoms with E-state index in [2.05, 4.69) is 41.9 Å². The summed E-state index contributed by atoms with van der Waals surface area (Å²) in [5.41, 5.74) is 5.11. The minimum atomic E-state index is -0.309. The number of hydrogen-bond acceptors (Lipinski definition) is 4. The van der Waals surface area contributed by atoms with Gasteiger partial charge in [0.05, 0.1) is 11.4 Å². The van der Waals surface area contributed by atoms with Crippen molar-refractivity contribution < 1.29 is 9.18 Å². The smallest absolute Gasteiger partial charge is 0.162 e. The van der Waals surface area contributed by atoms with Gasteiger partial charge in [-0.15, -0.1) is 0 Å². The zero-order valence-corrected chi connectivity index (χ0v) is 17.6. The number of hydrogen-bond donors (Lipinski definition) is 0. The molecule has 0 spiro atoms. The van der Waals surface area contributed by atoms with E-state index in [-0.39, 0.29) is 11.6 Å². The molecule has 1 aliphatic heterocycles. The maximum Gasteiger partial charge on any atom is 0.162 e. The Morgan fingerprint density at radius 1 is 1.07 bits per heavy atom. The van der Waals surface area contributed by atoms with Gasteiger partial charge in [0.1, 0.15) is 5.82 Å². The normalized spacial score (nSPS) is 15.6. The van der Waals surface area contributed by atoms with E-state index in [1.807, 2.05) is 6.92 Å². The first kappa shape index (κ1) is 21.2. The van der Waals surface area contributed by atoms with Crippen LogP contribution in [-0.2, 0) is 0 Å². The molecule has 2 heterocycles. The second kappa shape index (κ2) is 9.79. The predicted molar refractivity (Wildman–Crippen MR) is 115 cm³/mol. The molecule has 0 aliphatic carbocycles. The fraction of sp³-hybridized carbons (Fsp3) is 0.417. The van der Waals surface area contributed by atoms with Gasteiger partial charge in [0.2, 0.25) is 0 Å². The van der Waals surface area contributed by atoms with Crippen molar-refractivity contribution >= 4 is 11.5 Å². The Balaban J connectivity index is 1.48. The number of nitrogens with zero attached hydrogens (tertiary/aromatic N) is 3. The van der Waals surface area contributed by atoms with Crippen LogP contribution in [-0.4, -0.2) is 53.3 Å². The molecule has 5 heteroatoms. The molecule has 3 rings (SSSR count). The van der Waals surface area contributed by atoms with Crippen LogP contribution in [0.5, 0.6) is 0 Å². The first-order valence-corrected chi connectivity index (χ1v) is 10.3. The minimum absolute atomic E-state index is 0.0841. The third-order valence-electron chi connectivity index (χ3n) is 5.51. The van der Waals surface area contributed by atoms with Gasteiger partial charge in [-0.25, -0.2) is 4.39 Å². The molecule has 0 N–H and O–H groups in total. The zero-order chi connectivity index (χ0) is 20.8. The Hall–Kier alpha value is -2.53. The Morgan fingerprint density at radius 2 is 1.76 bits per heavy atom. The molecule has 1 aromatic heterocycles. The Morgan fingerprint density at radius 3 is 2.41 bits per heavy atom. The topological polar surface area (TPSA) is 36.4 Å². The van der Waals surface area contributed by atoms with Gasteiger partial charge >= 0.3 is 0 Å². The molecular formula is C24H30FN3O. The lowest BCUT2D eigenvalue weighted by atomic mass is 10.1. The van der Waals surface area contributed by atoms with Gasteiger partial charge in [0, 0.05) is 43.9 Å². The number of carbonyl (C=O) groups is 1. The summed E-state index contributed by atoms with van der Waals surface area (Å²) in [6.45, 7) is 11.0. The van der Waals surface area contributed by atoms with Gasteiger partial charge in [-0.3, -0.25) is 14.7 Å². The summed E-state index contributed by atoms with van der Waals surface area (Å²) in [7, 11) is 0. The molecule has 0 atom stereocenters. The van der Waals surface area contributed by atoms with Gasteiger partial charge in [0.15, 0.2) is 5.78 Å². The van der Waals surface area contributed by atoms with Crippen molar-refractivity contribution in [3.8, 4) is 0 Å². The predicted octanol–water partition coefficient (Wildman–Crippen LogP) is 4.48. The number of pyridine rings is 1. The molecule has 1 aromatic carbocycles. The van der Waals surface area contributed by atoms with Crippen LogP contribution in [0.4, 0.5) is 4.39 Å². The number of benzene rings is 1. The number of halogens is 1. The van der Waals surface area contributed by atoms with Gasteiger partial charge < -0.3 is 4.90 Å². The van der Waals surface area contributed by atoms with Gasteiger partial charge in [-0.1, -0.05) is 12.1 Å². The molecule has 0 unspecified atom stereocenters. The highest BCUT2D eigenvalue weighted by Crippen LogP contribution is 2.23. The summed E-state index contributed by atoms with van der Waals surface area (Å²) in [6, 6.07) is 10.0. The number of rotatable bonds is 7. The van der Waals surface area contributed by atoms with Crippen LogP contribution in [0.15, 0.2) is 42.5 Å². The maximum atomic E-state index is 13.0. The summed E-state index contributed by atoms with van der Waals surface area (Å²) in [5, 5.41) is 0. The third kappa shape index (κ3) is 5.51. The van der Waals surface area contributed by atoms with E-state index in [9.17, 15) is 9.18 Å². The lowest BCUT2D eigenvalue weighted by Crippen LogP contribution is -2.45. The summed E-state index contributed by atoms with van der Waals surface area (Å²) in [4.78, 5) is 21.8. The van der Waals surface area contributed by atoms with E-state index >= 15 is 0 Å². The van der Waals surface area contributed by atoms with Crippen LogP contribution in [0.3, 0.4) is 0 Å². The molecule has 29 heavy (non-hydrogen) atoms. The summed E-state index contributed by atoms with van der Waals surface area (Å²) >= 11 is 0. The molecule has 4 nitrogen and oxygen atoms in total. The number of piperazine rings is 1. The summed E-state index contributed by atoms with van der Waals surface area (Å²) < 4.78 is 13.0. The lowest BCUT2D eigenvalue weighted by molar-refractivity contribution is 0.0970. The highest BCUT2D eigenvalue weighted by Gasteiger charge is 2.21. The van der Waals surface area contributed by atoms with Crippen LogP contribution in [0.1, 0.15) is 47.1 Å². The second-order valence-electron chi connectivity index (χ2n) is 7.65. The van der Waals surface area contributed by atoms with Gasteiger partial charge in [0.25, 0.3) is 0 Å². The van der Waals surface area contributed by atoms with E-state index in [1.54, 1.807) is 12.1 Å². The molecule has 1 fully saturated rings. The molecule has 1 aliphatic rings. The number of aryl methyl sites for hydroxylation is 2. The monoisotopic (exact) mass is 395 g/mol. The zero-order valence-electron chi connectivity index (χ0n) is 17.6. The van der Waals surface area contributed by atoms with Crippen LogP contribution < -0.4 is 0 Å². The SMILES string of the molecule is C/C=C(\c1nc(C)ccc1C)N1CCN(CCCC(=O)c2ccc(F)cc2)CC1. The summed E-state index contributed by atoms with van der Waals surface area (Å²) in [6.07, 6.45) is 3.48. The quantitative estimate of drug-likeness (QED) is 0.648. The molecule has 0 amide bonds. The molecule has 1 saturated heterocycles. The standard InChI is InChI=1S/C24H30FN3O/c1-4-22(24-18(2)7-8-19(3)26-24)28-16-14-27(15-17-28)13-5-6-23(29)20-9-11-21(25)12-10-20/h4,7-12H,5-6,13-17H2,1-3H3/b22-4+. The van der Waals surface area contributed by atoms with Crippen LogP contribution in [0.25, 0.3) is 5.70 Å². The van der Waals surface area contributed by atoms with E-state index in [0.29, 0.717) is 12.0 Å². The van der Waals surface area contributed by atoms with Crippen molar-refractivity contribution in [1.29, 1.82) is 0 Å². The third-order valence-corrected chi connectivity index (χ3v) is 5.51. The molecule has 0 saturated carbocycles. The number of carbonyl (C=O) groups excluding carboxylic acids is 1. The van der Waals surface area contributed by atoms with E-state index in [0.717, 1.165) is 50.5 Å². The number of ketones is 1. The second-order valence-corrected chi connectivity index (χ2v) is 7.65. The van der Waals surface area contributed by atoms with Gasteiger partial charge in [-0.2, -0.15) is 0 Å². The van der Waals surface area contributed by atoms with Crippen molar-refractivity contribution in [2.45, 2.75) is 33.6 Å². The molecule has 2 aromatic rings. The lowest BCUT2D eigenvalue weighted by Gasteiger charge is -2.37. The fourth-order valence-corrected chi connectivity index (χ4v) is 3.81. The van der Waals surface area contributed by atoms with Gasteiger partial charge in [-0.05, 0) is 69.6 Å². The number of aromatic nitrogens is 1. The average Bonchev–Trinajstić information content (AvgIpc) is 2.72. The van der Waals surface area contributed by atoms with Crippen molar-refractivity contribution in [2.75, 3.05) is 32.7 Å². The van der Waals surface area contributed by atoms with Crippen LogP contribution in [0, 0.1) is 19.7 Å². The average molecular weight is 396 g/mol. The largest absolute Gasteiger partial charge is 0.367 e. The van der Waals surface area contributed by atoms with E-state index in [1.165, 1.54) is 23.4 Å². The molecule has 0 bridgehead atoms. The van der Waals surface area contributed by atoms with Crippen molar-refractivity contribution in [1.82, 2.24) is 14.8 Å². The maximum absolute atomic E-state index is 13.0. The van der Waals surface area contributed by atoms with Crippen LogP contribution in [0.2, 0.25) is 0 Å². The van der Waals surface area contributed by atoms with Crippen molar-refractivity contribution in [2.24, 2.45) is 0 Å². The Labute approximate surface area is 173 Å².